The van der Waals surface area contributed by atoms with E-state index in [1.165, 1.54) is 0 Å². The van der Waals surface area contributed by atoms with Crippen LogP contribution in [-0.4, -0.2) is 56.2 Å². The van der Waals surface area contributed by atoms with Crippen molar-refractivity contribution in [3.8, 4) is 0 Å². The Balaban J connectivity index is 1.98. The second-order valence-corrected chi connectivity index (χ2v) is 7.21. The molecule has 25 heavy (non-hydrogen) atoms. The molecule has 0 aromatic heterocycles. The molecule has 0 atom stereocenters. The second kappa shape index (κ2) is 8.97. The lowest BCUT2D eigenvalue weighted by Gasteiger charge is -2.27. The lowest BCUT2D eigenvalue weighted by molar-refractivity contribution is -0.0109. The molecule has 1 aromatic rings. The maximum atomic E-state index is 12.7. The summed E-state index contributed by atoms with van der Waals surface area (Å²) in [5, 5.41) is 0. The van der Waals surface area contributed by atoms with Gasteiger partial charge in [-0.05, 0) is 37.1 Å². The van der Waals surface area contributed by atoms with Gasteiger partial charge in [0.2, 0.25) is 5.91 Å². The molecule has 1 aromatic carbocycles. The number of nitrogens with zero attached hydrogens (tertiary/aromatic N) is 1. The number of ether oxygens (including phenoxy) is 2. The molecule has 1 saturated heterocycles. The van der Waals surface area contributed by atoms with Gasteiger partial charge < -0.3 is 20.1 Å². The van der Waals surface area contributed by atoms with Crippen LogP contribution in [0.4, 0.5) is 0 Å². The highest BCUT2D eigenvalue weighted by Crippen LogP contribution is 2.17. The molecule has 1 heterocycles. The van der Waals surface area contributed by atoms with Crippen LogP contribution in [0, 0.1) is 5.41 Å². The Hall–Kier alpha value is -1.92. The maximum absolute atomic E-state index is 12.7. The molecule has 2 N–H and O–H groups in total. The molecule has 1 fully saturated rings. The summed E-state index contributed by atoms with van der Waals surface area (Å²) in [6.45, 7) is 8.06. The van der Waals surface area contributed by atoms with E-state index >= 15 is 0 Å². The van der Waals surface area contributed by atoms with Crippen LogP contribution in [0.1, 0.15) is 47.4 Å². The molecular formula is C19H28N2O4. The van der Waals surface area contributed by atoms with E-state index in [1.54, 1.807) is 24.3 Å². The highest BCUT2D eigenvalue weighted by Gasteiger charge is 2.20. The van der Waals surface area contributed by atoms with Crippen LogP contribution in [0.25, 0.3) is 0 Å². The Morgan fingerprint density at radius 3 is 1.92 bits per heavy atom. The summed E-state index contributed by atoms with van der Waals surface area (Å²) in [4.78, 5) is 25.7. The summed E-state index contributed by atoms with van der Waals surface area (Å²) >= 11 is 0. The van der Waals surface area contributed by atoms with Crippen molar-refractivity contribution in [3.63, 3.8) is 0 Å². The summed E-state index contributed by atoms with van der Waals surface area (Å²) in [7, 11) is 0. The Morgan fingerprint density at radius 1 is 0.960 bits per heavy atom. The highest BCUT2D eigenvalue weighted by atomic mass is 16.5. The van der Waals surface area contributed by atoms with Crippen molar-refractivity contribution in [2.75, 3.05) is 39.5 Å². The van der Waals surface area contributed by atoms with E-state index in [1.807, 2.05) is 4.90 Å². The van der Waals surface area contributed by atoms with Gasteiger partial charge in [-0.2, -0.15) is 0 Å². The maximum Gasteiger partial charge on any atom is 0.253 e. The molecule has 0 unspecified atom stereocenters. The van der Waals surface area contributed by atoms with Crippen molar-refractivity contribution in [1.82, 2.24) is 4.90 Å². The number of amides is 2. The normalized spacial score (nSPS) is 19.5. The van der Waals surface area contributed by atoms with E-state index < -0.39 is 5.91 Å². The summed E-state index contributed by atoms with van der Waals surface area (Å²) in [6, 6.07) is 6.46. The third kappa shape index (κ3) is 6.14. The number of hydrogen-bond donors (Lipinski definition) is 1. The standard InChI is InChI=1S/C19H28N2O4/c1-19(2)13-24-11-3-9-21(10-4-12-25-14-19)18(23)16-7-5-15(6-8-16)17(20)22/h5-8H,3-4,9-14H2,1-2H3,(H2,20,22). The van der Waals surface area contributed by atoms with Gasteiger partial charge in [0.1, 0.15) is 0 Å². The van der Waals surface area contributed by atoms with Crippen LogP contribution >= 0.6 is 0 Å². The third-order valence-electron chi connectivity index (χ3n) is 4.12. The first kappa shape index (κ1) is 19.4. The summed E-state index contributed by atoms with van der Waals surface area (Å²) in [5.41, 5.74) is 6.20. The summed E-state index contributed by atoms with van der Waals surface area (Å²) in [6.07, 6.45) is 1.59. The first-order chi connectivity index (χ1) is 11.9. The van der Waals surface area contributed by atoms with Crippen LogP contribution in [-0.2, 0) is 9.47 Å². The van der Waals surface area contributed by atoms with Crippen LogP contribution in [0.3, 0.4) is 0 Å². The number of carbonyl (C=O) groups is 2. The van der Waals surface area contributed by atoms with Crippen molar-refractivity contribution in [2.24, 2.45) is 11.1 Å². The minimum absolute atomic E-state index is 0.0108. The number of carbonyl (C=O) groups excluding carboxylic acids is 2. The smallest absolute Gasteiger partial charge is 0.253 e. The number of rotatable bonds is 2. The molecule has 0 aliphatic carbocycles. The van der Waals surface area contributed by atoms with Crippen molar-refractivity contribution in [2.45, 2.75) is 26.7 Å². The fourth-order valence-electron chi connectivity index (χ4n) is 2.73. The van der Waals surface area contributed by atoms with E-state index in [9.17, 15) is 9.59 Å². The van der Waals surface area contributed by atoms with Gasteiger partial charge in [-0.3, -0.25) is 9.59 Å². The van der Waals surface area contributed by atoms with Gasteiger partial charge in [-0.1, -0.05) is 13.8 Å². The van der Waals surface area contributed by atoms with Crippen LogP contribution < -0.4 is 5.73 Å². The zero-order valence-electron chi connectivity index (χ0n) is 15.1. The molecule has 0 bridgehead atoms. The SMILES string of the molecule is CC1(C)COCCCN(C(=O)c2ccc(C(N)=O)cc2)CCCOC1. The molecule has 1 aliphatic rings. The highest BCUT2D eigenvalue weighted by molar-refractivity contribution is 5.97. The average Bonchev–Trinajstić information content (AvgIpc) is 2.57. The number of primary amides is 1. The molecule has 138 valence electrons. The van der Waals surface area contributed by atoms with Crippen molar-refractivity contribution in [1.29, 1.82) is 0 Å². The lowest BCUT2D eigenvalue weighted by atomic mass is 9.96. The van der Waals surface area contributed by atoms with Gasteiger partial charge in [0.25, 0.3) is 5.91 Å². The van der Waals surface area contributed by atoms with E-state index in [4.69, 9.17) is 15.2 Å². The lowest BCUT2D eigenvalue weighted by Crippen LogP contribution is -2.35. The largest absolute Gasteiger partial charge is 0.381 e. The first-order valence-corrected chi connectivity index (χ1v) is 8.74. The van der Waals surface area contributed by atoms with Gasteiger partial charge in [0.05, 0.1) is 13.2 Å². The van der Waals surface area contributed by atoms with Gasteiger partial charge in [-0.25, -0.2) is 0 Å². The summed E-state index contributed by atoms with van der Waals surface area (Å²) in [5.74, 6) is -0.545. The van der Waals surface area contributed by atoms with Crippen molar-refractivity contribution >= 4 is 11.8 Å². The molecule has 0 saturated carbocycles. The Bertz CT molecular complexity index is 568. The van der Waals surface area contributed by atoms with E-state index in [2.05, 4.69) is 13.8 Å². The molecule has 2 rings (SSSR count). The van der Waals surface area contributed by atoms with Crippen molar-refractivity contribution in [3.05, 3.63) is 35.4 Å². The van der Waals surface area contributed by atoms with Crippen LogP contribution in [0.2, 0.25) is 0 Å². The molecule has 0 spiro atoms. The second-order valence-electron chi connectivity index (χ2n) is 7.21. The fraction of sp³-hybridized carbons (Fsp3) is 0.579. The Kier molecular flexibility index (Phi) is 6.96. The van der Waals surface area contributed by atoms with E-state index in [-0.39, 0.29) is 11.3 Å². The average molecular weight is 348 g/mol. The molecule has 6 heteroatoms. The molecular weight excluding hydrogens is 320 g/mol. The zero-order valence-corrected chi connectivity index (χ0v) is 15.1. The molecule has 2 amide bonds. The Labute approximate surface area is 149 Å². The number of nitrogens with two attached hydrogens (primary N) is 1. The van der Waals surface area contributed by atoms with Crippen LogP contribution in [0.5, 0.6) is 0 Å². The third-order valence-corrected chi connectivity index (χ3v) is 4.12. The first-order valence-electron chi connectivity index (χ1n) is 8.74. The monoisotopic (exact) mass is 348 g/mol. The van der Waals surface area contributed by atoms with E-state index in [0.29, 0.717) is 50.6 Å². The fourth-order valence-corrected chi connectivity index (χ4v) is 2.73. The minimum atomic E-state index is -0.498. The topological polar surface area (TPSA) is 81.9 Å². The van der Waals surface area contributed by atoms with Crippen LogP contribution in [0.15, 0.2) is 24.3 Å². The number of benzene rings is 1. The van der Waals surface area contributed by atoms with Gasteiger partial charge >= 0.3 is 0 Å². The zero-order chi connectivity index (χ0) is 18.3. The van der Waals surface area contributed by atoms with Gasteiger partial charge in [0, 0.05) is 42.8 Å². The quantitative estimate of drug-likeness (QED) is 0.887. The Morgan fingerprint density at radius 2 is 1.44 bits per heavy atom. The van der Waals surface area contributed by atoms with Crippen molar-refractivity contribution < 1.29 is 19.1 Å². The predicted octanol–water partition coefficient (Wildman–Crippen LogP) is 2.08. The molecule has 1 aliphatic heterocycles. The minimum Gasteiger partial charge on any atom is -0.381 e. The number of hydrogen-bond acceptors (Lipinski definition) is 4. The predicted molar refractivity (Wildman–Crippen MR) is 95.5 cm³/mol. The molecule has 6 nitrogen and oxygen atoms in total. The molecule has 0 radical (unpaired) electrons. The summed E-state index contributed by atoms with van der Waals surface area (Å²) < 4.78 is 11.5. The van der Waals surface area contributed by atoms with E-state index in [0.717, 1.165) is 12.8 Å². The van der Waals surface area contributed by atoms with Gasteiger partial charge in [0.15, 0.2) is 0 Å². The van der Waals surface area contributed by atoms with Gasteiger partial charge in [-0.15, -0.1) is 0 Å².